The standard InChI is InChI=1S/C18H14F2N4O2/c1-2-24-18(26)13-6-4-3-5-12(13)16(23-24)17(25)22-21-10-11-7-8-14(19)15(20)9-11/h3-10H,2H2,1H3,(H,22,25)/b21-10-. The summed E-state index contributed by atoms with van der Waals surface area (Å²) in [5.41, 5.74) is 2.32. The van der Waals surface area contributed by atoms with E-state index in [1.54, 1.807) is 31.2 Å². The number of benzene rings is 2. The van der Waals surface area contributed by atoms with Gasteiger partial charge in [-0.1, -0.05) is 24.3 Å². The van der Waals surface area contributed by atoms with Crippen LogP contribution in [0.15, 0.2) is 52.4 Å². The molecule has 0 bridgehead atoms. The molecule has 132 valence electrons. The fourth-order valence-corrected chi connectivity index (χ4v) is 2.43. The van der Waals surface area contributed by atoms with E-state index in [1.165, 1.54) is 17.0 Å². The molecule has 3 aromatic rings. The number of carbonyl (C=O) groups is 1. The minimum absolute atomic E-state index is 0.0458. The largest absolute Gasteiger partial charge is 0.292 e. The van der Waals surface area contributed by atoms with Gasteiger partial charge in [0.15, 0.2) is 17.3 Å². The van der Waals surface area contributed by atoms with Crippen molar-refractivity contribution in [1.82, 2.24) is 15.2 Å². The van der Waals surface area contributed by atoms with Crippen LogP contribution in [0.25, 0.3) is 10.8 Å². The first-order valence-electron chi connectivity index (χ1n) is 7.79. The van der Waals surface area contributed by atoms with Crippen molar-refractivity contribution in [2.24, 2.45) is 5.10 Å². The van der Waals surface area contributed by atoms with Crippen LogP contribution in [-0.4, -0.2) is 21.9 Å². The molecule has 0 spiro atoms. The van der Waals surface area contributed by atoms with Gasteiger partial charge in [0.25, 0.3) is 11.5 Å². The third kappa shape index (κ3) is 3.34. The quantitative estimate of drug-likeness (QED) is 0.576. The monoisotopic (exact) mass is 356 g/mol. The van der Waals surface area contributed by atoms with Gasteiger partial charge in [-0.3, -0.25) is 9.59 Å². The molecule has 0 saturated carbocycles. The second-order valence-electron chi connectivity index (χ2n) is 5.39. The molecule has 0 radical (unpaired) electrons. The van der Waals surface area contributed by atoms with E-state index in [0.29, 0.717) is 17.3 Å². The van der Waals surface area contributed by atoms with Gasteiger partial charge in [0.1, 0.15) is 0 Å². The number of nitrogens with one attached hydrogen (secondary N) is 1. The molecule has 6 nitrogen and oxygen atoms in total. The fraction of sp³-hybridized carbons (Fsp3) is 0.111. The molecule has 1 aromatic heterocycles. The molecule has 1 N–H and O–H groups in total. The van der Waals surface area contributed by atoms with Gasteiger partial charge in [0, 0.05) is 11.9 Å². The number of nitrogens with zero attached hydrogens (tertiary/aromatic N) is 3. The molecule has 0 unspecified atom stereocenters. The van der Waals surface area contributed by atoms with Crippen molar-refractivity contribution in [3.8, 4) is 0 Å². The first-order valence-corrected chi connectivity index (χ1v) is 7.79. The molecule has 0 aliphatic heterocycles. The van der Waals surface area contributed by atoms with Crippen molar-refractivity contribution in [2.75, 3.05) is 0 Å². The predicted molar refractivity (Wildman–Crippen MR) is 93.1 cm³/mol. The van der Waals surface area contributed by atoms with Gasteiger partial charge in [0.05, 0.1) is 11.6 Å². The predicted octanol–water partition coefficient (Wildman–Crippen LogP) is 2.46. The maximum absolute atomic E-state index is 13.2. The van der Waals surface area contributed by atoms with Crippen LogP contribution < -0.4 is 11.0 Å². The normalized spacial score (nSPS) is 11.2. The van der Waals surface area contributed by atoms with Gasteiger partial charge in [-0.25, -0.2) is 18.9 Å². The smallest absolute Gasteiger partial charge is 0.267 e. The summed E-state index contributed by atoms with van der Waals surface area (Å²) >= 11 is 0. The number of fused-ring (bicyclic) bond motifs is 1. The van der Waals surface area contributed by atoms with Gasteiger partial charge in [-0.2, -0.15) is 10.2 Å². The molecule has 0 aliphatic rings. The van der Waals surface area contributed by atoms with Crippen molar-refractivity contribution in [3.63, 3.8) is 0 Å². The second kappa shape index (κ2) is 7.22. The van der Waals surface area contributed by atoms with Crippen LogP contribution in [0.3, 0.4) is 0 Å². The number of carbonyl (C=O) groups excluding carboxylic acids is 1. The van der Waals surface area contributed by atoms with E-state index >= 15 is 0 Å². The van der Waals surface area contributed by atoms with Crippen molar-refractivity contribution < 1.29 is 13.6 Å². The summed E-state index contributed by atoms with van der Waals surface area (Å²) in [7, 11) is 0. The molecule has 0 fully saturated rings. The number of aromatic nitrogens is 2. The molecule has 0 atom stereocenters. The maximum Gasteiger partial charge on any atom is 0.292 e. The molecule has 3 rings (SSSR count). The van der Waals surface area contributed by atoms with E-state index in [9.17, 15) is 18.4 Å². The molecule has 2 aromatic carbocycles. The van der Waals surface area contributed by atoms with E-state index in [0.717, 1.165) is 12.1 Å². The SMILES string of the molecule is CCn1nc(C(=O)N/N=C\c2ccc(F)c(F)c2)c2ccccc2c1=O. The summed E-state index contributed by atoms with van der Waals surface area (Å²) in [6.07, 6.45) is 1.18. The van der Waals surface area contributed by atoms with Crippen LogP contribution in [0.5, 0.6) is 0 Å². The number of halogens is 2. The van der Waals surface area contributed by atoms with Gasteiger partial charge < -0.3 is 0 Å². The number of hydrogen-bond acceptors (Lipinski definition) is 4. The number of hydrogen-bond donors (Lipinski definition) is 1. The molecule has 1 amide bonds. The Morgan fingerprint density at radius 1 is 1.19 bits per heavy atom. The number of hydrazone groups is 1. The van der Waals surface area contributed by atoms with Crippen LogP contribution in [0.1, 0.15) is 23.0 Å². The summed E-state index contributed by atoms with van der Waals surface area (Å²) < 4.78 is 27.2. The lowest BCUT2D eigenvalue weighted by Crippen LogP contribution is -2.28. The lowest BCUT2D eigenvalue weighted by atomic mass is 10.1. The summed E-state index contributed by atoms with van der Waals surface area (Å²) in [5, 5.41) is 8.59. The highest BCUT2D eigenvalue weighted by Gasteiger charge is 2.15. The van der Waals surface area contributed by atoms with Crippen LogP contribution in [-0.2, 0) is 6.54 Å². The molecular formula is C18H14F2N4O2. The Balaban J connectivity index is 1.90. The lowest BCUT2D eigenvalue weighted by Gasteiger charge is -2.08. The molecule has 8 heteroatoms. The average Bonchev–Trinajstić information content (AvgIpc) is 2.65. The van der Waals surface area contributed by atoms with Crippen LogP contribution in [0.4, 0.5) is 8.78 Å². The molecule has 1 heterocycles. The topological polar surface area (TPSA) is 76.3 Å². The summed E-state index contributed by atoms with van der Waals surface area (Å²) in [6, 6.07) is 9.87. The van der Waals surface area contributed by atoms with E-state index in [2.05, 4.69) is 15.6 Å². The third-order valence-electron chi connectivity index (χ3n) is 3.71. The third-order valence-corrected chi connectivity index (χ3v) is 3.71. The maximum atomic E-state index is 13.2. The fourth-order valence-electron chi connectivity index (χ4n) is 2.43. The number of aryl methyl sites for hydroxylation is 1. The van der Waals surface area contributed by atoms with E-state index < -0.39 is 17.5 Å². The van der Waals surface area contributed by atoms with Crippen molar-refractivity contribution >= 4 is 22.9 Å². The zero-order valence-electron chi connectivity index (χ0n) is 13.7. The molecular weight excluding hydrogens is 342 g/mol. The number of amides is 1. The van der Waals surface area contributed by atoms with Gasteiger partial charge in [-0.05, 0) is 30.7 Å². The Labute approximate surface area is 146 Å². The first kappa shape index (κ1) is 17.4. The summed E-state index contributed by atoms with van der Waals surface area (Å²) in [4.78, 5) is 24.7. The zero-order valence-corrected chi connectivity index (χ0v) is 13.7. The van der Waals surface area contributed by atoms with Crippen molar-refractivity contribution in [1.29, 1.82) is 0 Å². The molecule has 26 heavy (non-hydrogen) atoms. The first-order chi connectivity index (χ1) is 12.5. The Kier molecular flexibility index (Phi) is 4.83. The second-order valence-corrected chi connectivity index (χ2v) is 5.39. The van der Waals surface area contributed by atoms with Crippen LogP contribution >= 0.6 is 0 Å². The Hall–Kier alpha value is -3.42. The minimum Gasteiger partial charge on any atom is -0.267 e. The van der Waals surface area contributed by atoms with E-state index in [1.807, 2.05) is 0 Å². The van der Waals surface area contributed by atoms with Crippen molar-refractivity contribution in [2.45, 2.75) is 13.5 Å². The highest BCUT2D eigenvalue weighted by Crippen LogP contribution is 2.13. The Bertz CT molecular complexity index is 1080. The van der Waals surface area contributed by atoms with E-state index in [4.69, 9.17) is 0 Å². The average molecular weight is 356 g/mol. The highest BCUT2D eigenvalue weighted by molar-refractivity contribution is 6.04. The van der Waals surface area contributed by atoms with Gasteiger partial charge in [0.2, 0.25) is 0 Å². The minimum atomic E-state index is -1.01. The lowest BCUT2D eigenvalue weighted by molar-refractivity contribution is 0.0949. The Morgan fingerprint density at radius 2 is 1.92 bits per heavy atom. The van der Waals surface area contributed by atoms with E-state index in [-0.39, 0.29) is 16.8 Å². The molecule has 0 saturated heterocycles. The van der Waals surface area contributed by atoms with Gasteiger partial charge >= 0.3 is 0 Å². The van der Waals surface area contributed by atoms with Gasteiger partial charge in [-0.15, -0.1) is 0 Å². The summed E-state index contributed by atoms with van der Waals surface area (Å²) in [6.45, 7) is 2.05. The Morgan fingerprint density at radius 3 is 2.62 bits per heavy atom. The van der Waals surface area contributed by atoms with Crippen LogP contribution in [0.2, 0.25) is 0 Å². The summed E-state index contributed by atoms with van der Waals surface area (Å²) in [5.74, 6) is -2.60. The number of rotatable bonds is 4. The van der Waals surface area contributed by atoms with Crippen molar-refractivity contribution in [3.05, 3.63) is 75.7 Å². The molecule has 0 aliphatic carbocycles. The zero-order chi connectivity index (χ0) is 18.7. The highest BCUT2D eigenvalue weighted by atomic mass is 19.2. The van der Waals surface area contributed by atoms with Crippen LogP contribution in [0, 0.1) is 11.6 Å².